The van der Waals surface area contributed by atoms with Crippen molar-refractivity contribution in [3.05, 3.63) is 34.9 Å². The molecule has 2 nitrogen and oxygen atoms in total. The summed E-state index contributed by atoms with van der Waals surface area (Å²) in [6, 6.07) is 3.03. The predicted octanol–water partition coefficient (Wildman–Crippen LogP) is 2.53. The molecule has 0 fully saturated rings. The van der Waals surface area contributed by atoms with Crippen molar-refractivity contribution >= 4 is 26.8 Å². The summed E-state index contributed by atoms with van der Waals surface area (Å²) in [5.74, 6) is -0.294. The van der Waals surface area contributed by atoms with Crippen LogP contribution in [-0.2, 0) is 0 Å². The van der Waals surface area contributed by atoms with E-state index in [-0.39, 0.29) is 5.82 Å². The molecule has 0 unspecified atom stereocenters. The van der Waals surface area contributed by atoms with E-state index in [1.54, 1.807) is 12.3 Å². The number of rotatable bonds is 0. The monoisotopic (exact) mass is 226 g/mol. The predicted molar refractivity (Wildman–Crippen MR) is 47.2 cm³/mol. The number of halogens is 2. The van der Waals surface area contributed by atoms with Gasteiger partial charge in [-0.3, -0.25) is 0 Å². The van der Waals surface area contributed by atoms with Crippen molar-refractivity contribution in [2.45, 2.75) is 0 Å². The van der Waals surface area contributed by atoms with E-state index in [2.05, 4.69) is 25.9 Å². The van der Waals surface area contributed by atoms with Gasteiger partial charge in [0.1, 0.15) is 12.1 Å². The largest absolute Gasteiger partial charge is 0.244 e. The highest BCUT2D eigenvalue weighted by molar-refractivity contribution is 9.10. The molecule has 60 valence electrons. The molecule has 4 heteroatoms. The first-order chi connectivity index (χ1) is 5.77. The molecule has 0 aliphatic heterocycles. The lowest BCUT2D eigenvalue weighted by Crippen LogP contribution is -1.83. The summed E-state index contributed by atoms with van der Waals surface area (Å²) in [5, 5.41) is 0.707. The molecule has 0 amide bonds. The van der Waals surface area contributed by atoms with Gasteiger partial charge in [-0.25, -0.2) is 14.4 Å². The van der Waals surface area contributed by atoms with Gasteiger partial charge in [-0.05, 0) is 28.1 Å². The van der Waals surface area contributed by atoms with E-state index in [0.29, 0.717) is 9.86 Å². The minimum atomic E-state index is -0.294. The minimum absolute atomic E-state index is 0.294. The Bertz CT molecular complexity index is 390. The number of benzene rings is 1. The van der Waals surface area contributed by atoms with E-state index >= 15 is 0 Å². The van der Waals surface area contributed by atoms with Gasteiger partial charge in [-0.2, -0.15) is 0 Å². The lowest BCUT2D eigenvalue weighted by Gasteiger charge is -1.97. The summed E-state index contributed by atoms with van der Waals surface area (Å²) in [6.07, 6.45) is 3.02. The Labute approximate surface area is 76.6 Å². The van der Waals surface area contributed by atoms with Crippen LogP contribution in [0.3, 0.4) is 0 Å². The zero-order valence-electron chi connectivity index (χ0n) is 5.96. The third kappa shape index (κ3) is 1.18. The maximum absolute atomic E-state index is 12.9. The molecule has 0 atom stereocenters. The quantitative estimate of drug-likeness (QED) is 0.691. The van der Waals surface area contributed by atoms with Crippen LogP contribution in [0.25, 0.3) is 10.9 Å². The molecular formula is C8H4BrFN2. The van der Waals surface area contributed by atoms with Gasteiger partial charge in [0.25, 0.3) is 0 Å². The van der Waals surface area contributed by atoms with Crippen molar-refractivity contribution < 1.29 is 4.39 Å². The van der Waals surface area contributed by atoms with Gasteiger partial charge in [0.15, 0.2) is 0 Å². The van der Waals surface area contributed by atoms with Gasteiger partial charge in [0, 0.05) is 11.6 Å². The second kappa shape index (κ2) is 2.79. The SMILES string of the molecule is Fc1cc2cncnc2cc1Br. The van der Waals surface area contributed by atoms with Crippen molar-refractivity contribution in [3.63, 3.8) is 0 Å². The Morgan fingerprint density at radius 2 is 2.17 bits per heavy atom. The van der Waals surface area contributed by atoms with E-state index in [1.165, 1.54) is 12.4 Å². The highest BCUT2D eigenvalue weighted by atomic mass is 79.9. The molecule has 0 saturated heterocycles. The first-order valence-electron chi connectivity index (χ1n) is 3.32. The Morgan fingerprint density at radius 1 is 1.33 bits per heavy atom. The maximum Gasteiger partial charge on any atom is 0.138 e. The molecular weight excluding hydrogens is 223 g/mol. The number of hydrogen-bond donors (Lipinski definition) is 0. The standard InChI is InChI=1S/C8H4BrFN2/c9-6-2-8-5(1-7(6)10)3-11-4-12-8/h1-4H. The summed E-state index contributed by atoms with van der Waals surface area (Å²) < 4.78 is 13.4. The Kier molecular flexibility index (Phi) is 1.77. The molecule has 2 rings (SSSR count). The van der Waals surface area contributed by atoms with E-state index < -0.39 is 0 Å². The average molecular weight is 227 g/mol. The zero-order valence-corrected chi connectivity index (χ0v) is 7.55. The minimum Gasteiger partial charge on any atom is -0.244 e. The van der Waals surface area contributed by atoms with Gasteiger partial charge in [-0.15, -0.1) is 0 Å². The van der Waals surface area contributed by atoms with Crippen LogP contribution in [0.1, 0.15) is 0 Å². The topological polar surface area (TPSA) is 25.8 Å². The molecule has 2 aromatic rings. The fraction of sp³-hybridized carbons (Fsp3) is 0. The molecule has 0 N–H and O–H groups in total. The van der Waals surface area contributed by atoms with Crippen LogP contribution >= 0.6 is 15.9 Å². The van der Waals surface area contributed by atoms with Crippen LogP contribution in [0.2, 0.25) is 0 Å². The first-order valence-corrected chi connectivity index (χ1v) is 4.11. The van der Waals surface area contributed by atoms with Crippen molar-refractivity contribution in [2.24, 2.45) is 0 Å². The van der Waals surface area contributed by atoms with Crippen LogP contribution < -0.4 is 0 Å². The fourth-order valence-electron chi connectivity index (χ4n) is 0.976. The molecule has 0 aliphatic carbocycles. The van der Waals surface area contributed by atoms with Crippen LogP contribution in [0.15, 0.2) is 29.1 Å². The fourth-order valence-corrected chi connectivity index (χ4v) is 1.31. The van der Waals surface area contributed by atoms with Crippen molar-refractivity contribution in [1.29, 1.82) is 0 Å². The Balaban J connectivity index is 2.84. The molecule has 1 aromatic heterocycles. The summed E-state index contributed by atoms with van der Waals surface area (Å²) in [4.78, 5) is 7.77. The van der Waals surface area contributed by atoms with Gasteiger partial charge in [0.05, 0.1) is 9.99 Å². The van der Waals surface area contributed by atoms with E-state index in [9.17, 15) is 4.39 Å². The molecule has 1 aromatic carbocycles. The normalized spacial score (nSPS) is 10.5. The van der Waals surface area contributed by atoms with E-state index in [0.717, 1.165) is 5.52 Å². The van der Waals surface area contributed by atoms with Crippen LogP contribution in [-0.4, -0.2) is 9.97 Å². The molecule has 0 aliphatic rings. The molecule has 0 saturated carbocycles. The summed E-state index contributed by atoms with van der Waals surface area (Å²) in [5.41, 5.74) is 0.735. The number of hydrogen-bond acceptors (Lipinski definition) is 2. The summed E-state index contributed by atoms with van der Waals surface area (Å²) in [6.45, 7) is 0. The van der Waals surface area contributed by atoms with Crippen molar-refractivity contribution in [1.82, 2.24) is 9.97 Å². The van der Waals surface area contributed by atoms with E-state index in [1.807, 2.05) is 0 Å². The van der Waals surface area contributed by atoms with Crippen LogP contribution in [0.4, 0.5) is 4.39 Å². The molecule has 1 heterocycles. The van der Waals surface area contributed by atoms with Crippen LogP contribution in [0.5, 0.6) is 0 Å². The zero-order chi connectivity index (χ0) is 8.55. The van der Waals surface area contributed by atoms with E-state index in [4.69, 9.17) is 0 Å². The first kappa shape index (κ1) is 7.61. The third-order valence-electron chi connectivity index (χ3n) is 1.55. The Hall–Kier alpha value is -1.03. The second-order valence-electron chi connectivity index (χ2n) is 2.35. The summed E-state index contributed by atoms with van der Waals surface area (Å²) >= 11 is 3.08. The second-order valence-corrected chi connectivity index (χ2v) is 3.20. The maximum atomic E-state index is 12.9. The Morgan fingerprint density at radius 3 is 3.00 bits per heavy atom. The smallest absolute Gasteiger partial charge is 0.138 e. The highest BCUT2D eigenvalue weighted by Crippen LogP contribution is 2.20. The number of nitrogens with zero attached hydrogens (tertiary/aromatic N) is 2. The van der Waals surface area contributed by atoms with Crippen molar-refractivity contribution in [2.75, 3.05) is 0 Å². The lowest BCUT2D eigenvalue weighted by atomic mass is 10.2. The van der Waals surface area contributed by atoms with Gasteiger partial charge in [0.2, 0.25) is 0 Å². The molecule has 0 spiro atoms. The van der Waals surface area contributed by atoms with Gasteiger partial charge < -0.3 is 0 Å². The number of fused-ring (bicyclic) bond motifs is 1. The molecule has 12 heavy (non-hydrogen) atoms. The average Bonchev–Trinajstić information content (AvgIpc) is 2.07. The summed E-state index contributed by atoms with van der Waals surface area (Å²) in [7, 11) is 0. The lowest BCUT2D eigenvalue weighted by molar-refractivity contribution is 0.623. The third-order valence-corrected chi connectivity index (χ3v) is 2.15. The molecule has 0 radical (unpaired) electrons. The van der Waals surface area contributed by atoms with Gasteiger partial charge >= 0.3 is 0 Å². The number of aromatic nitrogens is 2. The van der Waals surface area contributed by atoms with Crippen LogP contribution in [0, 0.1) is 5.82 Å². The molecule has 0 bridgehead atoms. The van der Waals surface area contributed by atoms with Crippen molar-refractivity contribution in [3.8, 4) is 0 Å². The highest BCUT2D eigenvalue weighted by Gasteiger charge is 2.01. The van der Waals surface area contributed by atoms with Gasteiger partial charge in [-0.1, -0.05) is 0 Å².